The van der Waals surface area contributed by atoms with E-state index in [2.05, 4.69) is 4.74 Å². The summed E-state index contributed by atoms with van der Waals surface area (Å²) in [7, 11) is 1.34. The fourth-order valence-corrected chi connectivity index (χ4v) is 1.74. The quantitative estimate of drug-likeness (QED) is 0.380. The van der Waals surface area contributed by atoms with Gasteiger partial charge in [-0.25, -0.2) is 9.59 Å². The number of carboxylic acids is 1. The van der Waals surface area contributed by atoms with Gasteiger partial charge >= 0.3 is 11.9 Å². The molecule has 0 aliphatic rings. The van der Waals surface area contributed by atoms with Crippen molar-refractivity contribution < 1.29 is 44.6 Å². The van der Waals surface area contributed by atoms with Crippen molar-refractivity contribution in [3.8, 4) is 23.0 Å². The van der Waals surface area contributed by atoms with Crippen LogP contribution in [0, 0.1) is 0 Å². The molecule has 5 N–H and O–H groups in total. The van der Waals surface area contributed by atoms with Crippen LogP contribution in [0.2, 0.25) is 0 Å². The summed E-state index contributed by atoms with van der Waals surface area (Å²) in [6, 6.07) is 9.91. The summed E-state index contributed by atoms with van der Waals surface area (Å²) >= 11 is 0. The number of phenolic OH excluding ortho intramolecular Hbond substituents is 2. The molecular formula is C18H20O9. The van der Waals surface area contributed by atoms with Gasteiger partial charge in [-0.05, 0) is 36.8 Å². The van der Waals surface area contributed by atoms with Gasteiger partial charge in [0, 0.05) is 0 Å². The molecule has 2 aromatic rings. The topological polar surface area (TPSA) is 154 Å². The van der Waals surface area contributed by atoms with Crippen LogP contribution in [-0.4, -0.2) is 50.7 Å². The number of carboxylic acid groups (broad SMARTS) is 1. The Morgan fingerprint density at radius 1 is 0.963 bits per heavy atom. The lowest BCUT2D eigenvalue weighted by atomic mass is 10.1. The van der Waals surface area contributed by atoms with Crippen molar-refractivity contribution in [2.75, 3.05) is 7.11 Å². The van der Waals surface area contributed by atoms with Gasteiger partial charge in [0.25, 0.3) is 0 Å². The van der Waals surface area contributed by atoms with Crippen LogP contribution in [-0.2, 0) is 9.59 Å². The molecule has 0 amide bonds. The maximum atomic E-state index is 10.9. The van der Waals surface area contributed by atoms with E-state index >= 15 is 0 Å². The number of carbonyl (C=O) groups excluding carboxylic acids is 1. The lowest BCUT2D eigenvalue weighted by Crippen LogP contribution is -2.22. The first-order valence-corrected chi connectivity index (χ1v) is 7.62. The number of aromatic hydroxyl groups is 2. The van der Waals surface area contributed by atoms with Crippen molar-refractivity contribution in [3.05, 3.63) is 48.0 Å². The van der Waals surface area contributed by atoms with Crippen molar-refractivity contribution in [3.63, 3.8) is 0 Å². The molecule has 0 aliphatic heterocycles. The molecule has 9 heteroatoms. The Bertz CT molecular complexity index is 786. The van der Waals surface area contributed by atoms with Crippen LogP contribution in [0.25, 0.3) is 0 Å². The van der Waals surface area contributed by atoms with E-state index in [1.165, 1.54) is 44.4 Å². The molecule has 0 radical (unpaired) electrons. The third kappa shape index (κ3) is 6.49. The Hall–Kier alpha value is -3.30. The SMILES string of the molecule is CC(O)C(=O)Oc1ccccc1O.COc1cc(C(O)C(=O)O)ccc1O. The lowest BCUT2D eigenvalue weighted by molar-refractivity contribution is -0.147. The minimum atomic E-state index is -1.61. The average molecular weight is 380 g/mol. The minimum Gasteiger partial charge on any atom is -0.504 e. The summed E-state index contributed by atoms with van der Waals surface area (Å²) in [5.74, 6) is -2.19. The van der Waals surface area contributed by atoms with Gasteiger partial charge in [-0.1, -0.05) is 18.2 Å². The number of methoxy groups -OCH3 is 1. The van der Waals surface area contributed by atoms with Crippen molar-refractivity contribution >= 4 is 11.9 Å². The summed E-state index contributed by atoms with van der Waals surface area (Å²) in [6.07, 6.45) is -2.80. The second-order valence-corrected chi connectivity index (χ2v) is 5.24. The van der Waals surface area contributed by atoms with Crippen molar-refractivity contribution in [2.45, 2.75) is 19.1 Å². The van der Waals surface area contributed by atoms with Crippen LogP contribution in [0.5, 0.6) is 23.0 Å². The van der Waals surface area contributed by atoms with Gasteiger partial charge in [0.2, 0.25) is 0 Å². The molecule has 2 unspecified atom stereocenters. The summed E-state index contributed by atoms with van der Waals surface area (Å²) in [6.45, 7) is 1.29. The Morgan fingerprint density at radius 3 is 2.07 bits per heavy atom. The highest BCUT2D eigenvalue weighted by Crippen LogP contribution is 2.29. The average Bonchev–Trinajstić information content (AvgIpc) is 2.63. The van der Waals surface area contributed by atoms with Crippen LogP contribution < -0.4 is 9.47 Å². The molecule has 146 valence electrons. The molecule has 0 bridgehead atoms. The molecular weight excluding hydrogens is 360 g/mol. The number of aliphatic hydroxyl groups is 2. The highest BCUT2D eigenvalue weighted by Gasteiger charge is 2.17. The number of aliphatic hydroxyl groups excluding tert-OH is 2. The Kier molecular flexibility index (Phi) is 8.05. The largest absolute Gasteiger partial charge is 0.504 e. The molecule has 9 nitrogen and oxygen atoms in total. The highest BCUT2D eigenvalue weighted by atomic mass is 16.6. The fraction of sp³-hybridized carbons (Fsp3) is 0.222. The monoisotopic (exact) mass is 380 g/mol. The summed E-state index contributed by atoms with van der Waals surface area (Å²) in [5, 5.41) is 44.9. The number of esters is 1. The van der Waals surface area contributed by atoms with Crippen LogP contribution in [0.1, 0.15) is 18.6 Å². The van der Waals surface area contributed by atoms with Crippen LogP contribution >= 0.6 is 0 Å². The van der Waals surface area contributed by atoms with Crippen LogP contribution in [0.4, 0.5) is 0 Å². The zero-order valence-corrected chi connectivity index (χ0v) is 14.6. The highest BCUT2D eigenvalue weighted by molar-refractivity contribution is 5.77. The molecule has 0 heterocycles. The Labute approximate surface area is 154 Å². The van der Waals surface area contributed by atoms with Gasteiger partial charge in [0.1, 0.15) is 6.10 Å². The van der Waals surface area contributed by atoms with Gasteiger partial charge in [-0.3, -0.25) is 0 Å². The normalized spacial score (nSPS) is 12.1. The van der Waals surface area contributed by atoms with E-state index in [9.17, 15) is 24.9 Å². The van der Waals surface area contributed by atoms with E-state index in [0.717, 1.165) is 0 Å². The number of hydrogen-bond acceptors (Lipinski definition) is 8. The second kappa shape index (κ2) is 10.00. The summed E-state index contributed by atoms with van der Waals surface area (Å²) in [5.41, 5.74) is 0.159. The zero-order chi connectivity index (χ0) is 20.6. The molecule has 27 heavy (non-hydrogen) atoms. The van der Waals surface area contributed by atoms with Crippen molar-refractivity contribution in [2.24, 2.45) is 0 Å². The molecule has 2 atom stereocenters. The molecule has 0 fully saturated rings. The third-order valence-corrected chi connectivity index (χ3v) is 3.17. The number of para-hydroxylation sites is 2. The third-order valence-electron chi connectivity index (χ3n) is 3.17. The first kappa shape index (κ1) is 21.7. The minimum absolute atomic E-state index is 0.0494. The zero-order valence-electron chi connectivity index (χ0n) is 14.6. The second-order valence-electron chi connectivity index (χ2n) is 5.24. The Morgan fingerprint density at radius 2 is 1.56 bits per heavy atom. The molecule has 2 aromatic carbocycles. The number of carbonyl (C=O) groups is 2. The number of aliphatic carboxylic acids is 1. The van der Waals surface area contributed by atoms with E-state index in [1.54, 1.807) is 12.1 Å². The maximum Gasteiger partial charge on any atom is 0.340 e. The predicted molar refractivity (Wildman–Crippen MR) is 92.7 cm³/mol. The summed E-state index contributed by atoms with van der Waals surface area (Å²) in [4.78, 5) is 21.3. The van der Waals surface area contributed by atoms with Crippen molar-refractivity contribution in [1.29, 1.82) is 0 Å². The number of hydrogen-bond donors (Lipinski definition) is 5. The molecule has 2 rings (SSSR count). The smallest absolute Gasteiger partial charge is 0.340 e. The van der Waals surface area contributed by atoms with Crippen LogP contribution in [0.15, 0.2) is 42.5 Å². The van der Waals surface area contributed by atoms with Gasteiger partial charge < -0.3 is 35.0 Å². The molecule has 0 aliphatic carbocycles. The summed E-state index contributed by atoms with van der Waals surface area (Å²) < 4.78 is 9.43. The maximum absolute atomic E-state index is 10.9. The number of ether oxygens (including phenoxy) is 2. The van der Waals surface area contributed by atoms with Crippen LogP contribution in [0.3, 0.4) is 0 Å². The molecule has 0 saturated heterocycles. The molecule has 0 saturated carbocycles. The number of benzene rings is 2. The first-order chi connectivity index (χ1) is 12.7. The van der Waals surface area contributed by atoms with Gasteiger partial charge in [0.15, 0.2) is 29.1 Å². The van der Waals surface area contributed by atoms with E-state index in [4.69, 9.17) is 14.9 Å². The van der Waals surface area contributed by atoms with Gasteiger partial charge in [0.05, 0.1) is 7.11 Å². The molecule has 0 spiro atoms. The van der Waals surface area contributed by atoms with Crippen molar-refractivity contribution in [1.82, 2.24) is 0 Å². The number of phenols is 2. The van der Waals surface area contributed by atoms with Gasteiger partial charge in [-0.15, -0.1) is 0 Å². The predicted octanol–water partition coefficient (Wildman–Crippen LogP) is 1.20. The van der Waals surface area contributed by atoms with E-state index in [0.29, 0.717) is 0 Å². The van der Waals surface area contributed by atoms with E-state index in [1.807, 2.05) is 0 Å². The fourth-order valence-electron chi connectivity index (χ4n) is 1.74. The molecule has 0 aromatic heterocycles. The lowest BCUT2D eigenvalue weighted by Gasteiger charge is -2.08. The van der Waals surface area contributed by atoms with Gasteiger partial charge in [-0.2, -0.15) is 0 Å². The van der Waals surface area contributed by atoms with E-state index in [-0.39, 0.29) is 28.6 Å². The Balaban J connectivity index is 0.000000271. The van der Waals surface area contributed by atoms with E-state index < -0.39 is 24.1 Å². The standard InChI is InChI=1S/C9H10O5.C9H10O4/c1-14-7-4-5(2-3-6(7)10)8(11)9(12)13;1-6(10)9(12)13-8-5-3-2-4-7(8)11/h2-4,8,10-11H,1H3,(H,12,13);2-6,10-11H,1H3. The first-order valence-electron chi connectivity index (χ1n) is 7.62. The number of rotatable bonds is 5.